The van der Waals surface area contributed by atoms with Crippen LogP contribution in [-0.2, 0) is 0 Å². The van der Waals surface area contributed by atoms with E-state index in [-0.39, 0.29) is 17.8 Å². The molecular weight excluding hydrogens is 253 g/mol. The third-order valence-electron chi connectivity index (χ3n) is 4.41. The Balaban J connectivity index is 1.93. The zero-order valence-corrected chi connectivity index (χ0v) is 10.8. The number of halogens is 3. The molecule has 2 atom stereocenters. The Kier molecular flexibility index (Phi) is 3.17. The largest absolute Gasteiger partial charge is 0.363 e. The molecule has 0 aromatic heterocycles. The summed E-state index contributed by atoms with van der Waals surface area (Å²) in [6.07, 6.45) is 3.82. The van der Waals surface area contributed by atoms with Crippen LogP contribution >= 0.6 is 0 Å². The zero-order valence-electron chi connectivity index (χ0n) is 10.8. The number of hydrogen-bond donors (Lipinski definition) is 1. The summed E-state index contributed by atoms with van der Waals surface area (Å²) in [5.74, 6) is -2.77. The summed E-state index contributed by atoms with van der Waals surface area (Å²) in [6.45, 7) is 0. The van der Waals surface area contributed by atoms with Gasteiger partial charge in [0.1, 0.15) is 5.82 Å². The van der Waals surface area contributed by atoms with Crippen LogP contribution < -0.4 is 10.2 Å². The van der Waals surface area contributed by atoms with E-state index in [1.807, 2.05) is 11.9 Å². The van der Waals surface area contributed by atoms with Crippen LogP contribution in [-0.4, -0.2) is 25.2 Å². The molecule has 1 aromatic carbocycles. The van der Waals surface area contributed by atoms with E-state index >= 15 is 0 Å². The lowest BCUT2D eigenvalue weighted by atomic mass is 9.96. The van der Waals surface area contributed by atoms with Crippen molar-refractivity contribution in [1.29, 1.82) is 0 Å². The minimum absolute atomic E-state index is 0.209. The predicted molar refractivity (Wildman–Crippen MR) is 67.7 cm³/mol. The molecule has 2 unspecified atom stereocenters. The predicted octanol–water partition coefficient (Wildman–Crippen LogP) is 2.82. The summed E-state index contributed by atoms with van der Waals surface area (Å²) >= 11 is 0. The SMILES string of the molecule is CNC1CC2CCC(C1)N2c1cc(F)c(F)cc1F. The smallest absolute Gasteiger partial charge is 0.161 e. The fourth-order valence-electron chi connectivity index (χ4n) is 3.52. The molecule has 2 fully saturated rings. The molecule has 2 nitrogen and oxygen atoms in total. The fourth-order valence-corrected chi connectivity index (χ4v) is 3.52. The molecule has 2 saturated heterocycles. The summed E-state index contributed by atoms with van der Waals surface area (Å²) in [5.41, 5.74) is 0.209. The van der Waals surface area contributed by atoms with Gasteiger partial charge in [-0.1, -0.05) is 0 Å². The van der Waals surface area contributed by atoms with Crippen molar-refractivity contribution in [3.05, 3.63) is 29.6 Å². The molecule has 19 heavy (non-hydrogen) atoms. The Hall–Kier alpha value is -1.23. The van der Waals surface area contributed by atoms with Crippen molar-refractivity contribution in [3.8, 4) is 0 Å². The summed E-state index contributed by atoms with van der Waals surface area (Å²) in [4.78, 5) is 1.95. The van der Waals surface area contributed by atoms with Crippen molar-refractivity contribution in [2.45, 2.75) is 43.8 Å². The summed E-state index contributed by atoms with van der Waals surface area (Å²) < 4.78 is 40.3. The summed E-state index contributed by atoms with van der Waals surface area (Å²) in [7, 11) is 1.93. The van der Waals surface area contributed by atoms with E-state index in [1.165, 1.54) is 0 Å². The van der Waals surface area contributed by atoms with Crippen LogP contribution in [0.15, 0.2) is 12.1 Å². The van der Waals surface area contributed by atoms with Gasteiger partial charge in [0.05, 0.1) is 5.69 Å². The van der Waals surface area contributed by atoms with Gasteiger partial charge in [-0.05, 0) is 32.7 Å². The Labute approximate surface area is 110 Å². The molecule has 104 valence electrons. The first-order valence-corrected chi connectivity index (χ1v) is 6.70. The molecule has 2 aliphatic heterocycles. The third kappa shape index (κ3) is 2.10. The lowest BCUT2D eigenvalue weighted by Crippen LogP contribution is -2.48. The number of nitrogens with one attached hydrogen (secondary N) is 1. The number of benzene rings is 1. The Morgan fingerprint density at radius 3 is 2.16 bits per heavy atom. The van der Waals surface area contributed by atoms with E-state index in [9.17, 15) is 13.2 Å². The van der Waals surface area contributed by atoms with Crippen molar-refractivity contribution >= 4 is 5.69 Å². The number of hydrogen-bond acceptors (Lipinski definition) is 2. The van der Waals surface area contributed by atoms with Crippen molar-refractivity contribution in [1.82, 2.24) is 5.32 Å². The number of rotatable bonds is 2. The molecule has 0 spiro atoms. The van der Waals surface area contributed by atoms with Gasteiger partial charge in [0.15, 0.2) is 11.6 Å². The summed E-state index contributed by atoms with van der Waals surface area (Å²) in [6, 6.07) is 2.51. The first kappa shape index (κ1) is 12.8. The molecule has 2 aliphatic rings. The molecule has 0 aliphatic carbocycles. The topological polar surface area (TPSA) is 15.3 Å². The van der Waals surface area contributed by atoms with E-state index < -0.39 is 17.5 Å². The monoisotopic (exact) mass is 270 g/mol. The van der Waals surface area contributed by atoms with Crippen LogP contribution in [0.3, 0.4) is 0 Å². The minimum Gasteiger partial charge on any atom is -0.363 e. The van der Waals surface area contributed by atoms with E-state index in [4.69, 9.17) is 0 Å². The maximum atomic E-state index is 13.9. The fraction of sp³-hybridized carbons (Fsp3) is 0.571. The number of anilines is 1. The van der Waals surface area contributed by atoms with Crippen molar-refractivity contribution < 1.29 is 13.2 Å². The highest BCUT2D eigenvalue weighted by Gasteiger charge is 2.41. The molecular formula is C14H17F3N2. The maximum absolute atomic E-state index is 13.9. The number of nitrogens with zero attached hydrogens (tertiary/aromatic N) is 1. The average molecular weight is 270 g/mol. The number of piperidine rings is 1. The average Bonchev–Trinajstić information content (AvgIpc) is 2.64. The standard InChI is InChI=1S/C14H17F3N2/c1-18-8-4-9-2-3-10(5-8)19(9)14-7-12(16)11(15)6-13(14)17/h6-10,18H,2-5H2,1H3. The van der Waals surface area contributed by atoms with Crippen LogP contribution in [0.25, 0.3) is 0 Å². The van der Waals surface area contributed by atoms with Crippen molar-refractivity contribution in [3.63, 3.8) is 0 Å². The van der Waals surface area contributed by atoms with Crippen LogP contribution in [0.4, 0.5) is 18.9 Å². The maximum Gasteiger partial charge on any atom is 0.161 e. The van der Waals surface area contributed by atoms with Gasteiger partial charge >= 0.3 is 0 Å². The van der Waals surface area contributed by atoms with E-state index in [2.05, 4.69) is 5.32 Å². The molecule has 0 radical (unpaired) electrons. The Bertz CT molecular complexity index is 478. The quantitative estimate of drug-likeness (QED) is 0.831. The summed E-state index contributed by atoms with van der Waals surface area (Å²) in [5, 5.41) is 3.26. The Morgan fingerprint density at radius 1 is 1.00 bits per heavy atom. The highest BCUT2D eigenvalue weighted by atomic mass is 19.2. The lowest BCUT2D eigenvalue weighted by molar-refractivity contribution is 0.369. The van der Waals surface area contributed by atoms with Crippen LogP contribution in [0.5, 0.6) is 0 Å². The van der Waals surface area contributed by atoms with Gasteiger partial charge in [-0.2, -0.15) is 0 Å². The van der Waals surface area contributed by atoms with Gasteiger partial charge in [-0.3, -0.25) is 0 Å². The van der Waals surface area contributed by atoms with Gasteiger partial charge in [0, 0.05) is 30.3 Å². The van der Waals surface area contributed by atoms with E-state index in [1.54, 1.807) is 0 Å². The molecule has 1 aromatic rings. The van der Waals surface area contributed by atoms with Crippen LogP contribution in [0.1, 0.15) is 25.7 Å². The van der Waals surface area contributed by atoms with Crippen LogP contribution in [0.2, 0.25) is 0 Å². The van der Waals surface area contributed by atoms with Crippen LogP contribution in [0, 0.1) is 17.5 Å². The second-order valence-electron chi connectivity index (χ2n) is 5.47. The van der Waals surface area contributed by atoms with E-state index in [0.29, 0.717) is 12.1 Å². The Morgan fingerprint density at radius 2 is 1.58 bits per heavy atom. The molecule has 0 saturated carbocycles. The number of fused-ring (bicyclic) bond motifs is 2. The van der Waals surface area contributed by atoms with Gasteiger partial charge in [-0.25, -0.2) is 13.2 Å². The highest BCUT2D eigenvalue weighted by molar-refractivity contribution is 5.52. The lowest BCUT2D eigenvalue weighted by Gasteiger charge is -2.40. The first-order chi connectivity index (χ1) is 9.10. The van der Waals surface area contributed by atoms with Gasteiger partial charge in [0.2, 0.25) is 0 Å². The second-order valence-corrected chi connectivity index (χ2v) is 5.47. The minimum atomic E-state index is -1.13. The van der Waals surface area contributed by atoms with Crippen molar-refractivity contribution in [2.75, 3.05) is 11.9 Å². The highest BCUT2D eigenvalue weighted by Crippen LogP contribution is 2.40. The molecule has 5 heteroatoms. The zero-order chi connectivity index (χ0) is 13.6. The molecule has 1 N–H and O–H groups in total. The van der Waals surface area contributed by atoms with Crippen molar-refractivity contribution in [2.24, 2.45) is 0 Å². The molecule has 2 heterocycles. The van der Waals surface area contributed by atoms with Gasteiger partial charge < -0.3 is 10.2 Å². The third-order valence-corrected chi connectivity index (χ3v) is 4.41. The van der Waals surface area contributed by atoms with Gasteiger partial charge in [-0.15, -0.1) is 0 Å². The second kappa shape index (κ2) is 4.71. The molecule has 3 rings (SSSR count). The van der Waals surface area contributed by atoms with E-state index in [0.717, 1.165) is 31.7 Å². The normalized spacial score (nSPS) is 29.9. The van der Waals surface area contributed by atoms with Gasteiger partial charge in [0.25, 0.3) is 0 Å². The molecule has 0 amide bonds. The molecule has 2 bridgehead atoms. The first-order valence-electron chi connectivity index (χ1n) is 6.70.